The van der Waals surface area contributed by atoms with E-state index in [0.717, 1.165) is 16.7 Å². The lowest BCUT2D eigenvalue weighted by molar-refractivity contribution is -0.145. The molecule has 1 aromatic heterocycles. The summed E-state index contributed by atoms with van der Waals surface area (Å²) < 4.78 is 20.0. The summed E-state index contributed by atoms with van der Waals surface area (Å²) in [6, 6.07) is 14.0. The van der Waals surface area contributed by atoms with Crippen LogP contribution in [0.2, 0.25) is 0 Å². The average molecular weight is 685 g/mol. The molecule has 12 heteroatoms. The van der Waals surface area contributed by atoms with Crippen molar-refractivity contribution in [3.63, 3.8) is 0 Å². The first-order valence-electron chi connectivity index (χ1n) is 17.1. The van der Waals surface area contributed by atoms with E-state index in [1.807, 2.05) is 31.2 Å². The van der Waals surface area contributed by atoms with Gasteiger partial charge in [0.1, 0.15) is 23.8 Å². The minimum absolute atomic E-state index is 0.0231. The predicted octanol–water partition coefficient (Wildman–Crippen LogP) is 4.93. The Bertz CT molecular complexity index is 1810. The second-order valence-electron chi connectivity index (χ2n) is 15.0. The largest absolute Gasteiger partial charge is 0.444 e. The van der Waals surface area contributed by atoms with E-state index in [-0.39, 0.29) is 31.4 Å². The highest BCUT2D eigenvalue weighted by Gasteiger charge is 2.51. The van der Waals surface area contributed by atoms with Crippen LogP contribution in [0.3, 0.4) is 0 Å². The molecule has 0 radical (unpaired) electrons. The van der Waals surface area contributed by atoms with E-state index in [4.69, 9.17) is 4.74 Å². The molecule has 3 aliphatic rings. The lowest BCUT2D eigenvalue weighted by Gasteiger charge is -2.37. The second kappa shape index (κ2) is 13.5. The molecule has 2 aromatic carbocycles. The van der Waals surface area contributed by atoms with E-state index in [0.29, 0.717) is 61.4 Å². The predicted molar refractivity (Wildman–Crippen MR) is 187 cm³/mol. The number of nitrogens with one attached hydrogen (secondary N) is 3. The Labute approximate surface area is 292 Å². The van der Waals surface area contributed by atoms with Gasteiger partial charge in [-0.2, -0.15) is 0 Å². The van der Waals surface area contributed by atoms with Crippen molar-refractivity contribution in [1.29, 1.82) is 0 Å². The number of carbonyl (C=O) groups is 4. The minimum atomic E-state index is -0.802. The van der Waals surface area contributed by atoms with E-state index in [1.165, 1.54) is 28.1 Å². The van der Waals surface area contributed by atoms with Crippen LogP contribution in [0.25, 0.3) is 0 Å². The SMILES string of the molecule is CN(Cc1cc(F)ccc1CN(CC(=O)Nc1cnc2c(c1)C1(Cc3ccccc3C1)C(=O)N2)C(=O)C1(C)CCNCC1)C(=O)OC(C)(C)C. The molecule has 1 aliphatic carbocycles. The summed E-state index contributed by atoms with van der Waals surface area (Å²) in [5.41, 5.74) is 2.26. The molecule has 264 valence electrons. The number of fused-ring (bicyclic) bond motifs is 3. The minimum Gasteiger partial charge on any atom is -0.444 e. The van der Waals surface area contributed by atoms with Gasteiger partial charge in [-0.1, -0.05) is 37.3 Å². The van der Waals surface area contributed by atoms with Gasteiger partial charge < -0.3 is 30.5 Å². The van der Waals surface area contributed by atoms with Gasteiger partial charge in [-0.25, -0.2) is 14.2 Å². The van der Waals surface area contributed by atoms with Gasteiger partial charge in [0.05, 0.1) is 17.3 Å². The maximum absolute atomic E-state index is 14.6. The molecule has 3 aromatic rings. The van der Waals surface area contributed by atoms with Crippen molar-refractivity contribution < 1.29 is 28.3 Å². The number of nitrogens with zero attached hydrogens (tertiary/aromatic N) is 3. The number of amides is 4. The fourth-order valence-corrected chi connectivity index (χ4v) is 7.22. The second-order valence-corrected chi connectivity index (χ2v) is 15.0. The molecule has 0 unspecified atom stereocenters. The zero-order valence-electron chi connectivity index (χ0n) is 29.3. The first-order valence-corrected chi connectivity index (χ1v) is 17.1. The maximum Gasteiger partial charge on any atom is 0.410 e. The third kappa shape index (κ3) is 7.21. The first-order chi connectivity index (χ1) is 23.7. The number of hydrogen-bond donors (Lipinski definition) is 3. The van der Waals surface area contributed by atoms with Crippen molar-refractivity contribution in [3.05, 3.63) is 88.4 Å². The number of hydrogen-bond acceptors (Lipinski definition) is 7. The molecule has 1 fully saturated rings. The van der Waals surface area contributed by atoms with Crippen molar-refractivity contribution >= 4 is 35.3 Å². The number of ether oxygens (including phenoxy) is 1. The van der Waals surface area contributed by atoms with Crippen LogP contribution in [0, 0.1) is 11.2 Å². The van der Waals surface area contributed by atoms with Gasteiger partial charge in [0.25, 0.3) is 0 Å². The number of pyridine rings is 1. The topological polar surface area (TPSA) is 133 Å². The lowest BCUT2D eigenvalue weighted by Crippen LogP contribution is -2.49. The molecule has 6 rings (SSSR count). The fraction of sp³-hybridized carbons (Fsp3) is 0.447. The van der Waals surface area contributed by atoms with Gasteiger partial charge in [0.15, 0.2) is 0 Å². The van der Waals surface area contributed by atoms with Crippen LogP contribution in [-0.2, 0) is 50.5 Å². The van der Waals surface area contributed by atoms with E-state index >= 15 is 0 Å². The van der Waals surface area contributed by atoms with Crippen LogP contribution in [0.1, 0.15) is 68.4 Å². The highest BCUT2D eigenvalue weighted by atomic mass is 19.1. The van der Waals surface area contributed by atoms with Crippen molar-refractivity contribution in [3.8, 4) is 0 Å². The van der Waals surface area contributed by atoms with Gasteiger partial charge in [0, 0.05) is 31.1 Å². The molecule has 3 heterocycles. The molecule has 50 heavy (non-hydrogen) atoms. The van der Waals surface area contributed by atoms with Crippen LogP contribution in [0.4, 0.5) is 20.7 Å². The van der Waals surface area contributed by atoms with Crippen LogP contribution >= 0.6 is 0 Å². The molecule has 1 spiro atoms. The van der Waals surface area contributed by atoms with E-state index < -0.39 is 34.2 Å². The number of benzene rings is 2. The zero-order chi connectivity index (χ0) is 35.8. The fourth-order valence-electron chi connectivity index (χ4n) is 7.22. The number of halogens is 1. The van der Waals surface area contributed by atoms with Gasteiger partial charge in [-0.15, -0.1) is 0 Å². The normalized spacial score (nSPS) is 17.0. The highest BCUT2D eigenvalue weighted by molar-refractivity contribution is 6.07. The molecule has 4 amide bonds. The quantitative estimate of drug-likeness (QED) is 0.307. The smallest absolute Gasteiger partial charge is 0.410 e. The Morgan fingerprint density at radius 1 is 1.00 bits per heavy atom. The number of carbonyl (C=O) groups excluding carboxylic acids is 4. The van der Waals surface area contributed by atoms with Crippen molar-refractivity contribution in [2.75, 3.05) is 37.3 Å². The van der Waals surface area contributed by atoms with Crippen LogP contribution in [-0.4, -0.2) is 70.9 Å². The molecule has 0 atom stereocenters. The van der Waals surface area contributed by atoms with Crippen molar-refractivity contribution in [2.24, 2.45) is 5.41 Å². The molecular formula is C38H45FN6O5. The van der Waals surface area contributed by atoms with E-state index in [2.05, 4.69) is 20.9 Å². The summed E-state index contributed by atoms with van der Waals surface area (Å²) in [6.07, 6.45) is 3.22. The van der Waals surface area contributed by atoms with E-state index in [9.17, 15) is 23.6 Å². The van der Waals surface area contributed by atoms with E-state index in [1.54, 1.807) is 40.0 Å². The molecule has 1 saturated heterocycles. The highest BCUT2D eigenvalue weighted by Crippen LogP contribution is 2.47. The Morgan fingerprint density at radius 2 is 1.68 bits per heavy atom. The van der Waals surface area contributed by atoms with Crippen LogP contribution in [0.5, 0.6) is 0 Å². The lowest BCUT2D eigenvalue weighted by atomic mass is 9.79. The van der Waals surface area contributed by atoms with Gasteiger partial charge in [-0.05, 0) is 100.0 Å². The molecular weight excluding hydrogens is 639 g/mol. The zero-order valence-corrected chi connectivity index (χ0v) is 29.3. The summed E-state index contributed by atoms with van der Waals surface area (Å²) in [4.78, 5) is 61.4. The number of piperidine rings is 1. The Hall–Kier alpha value is -4.84. The molecule has 0 saturated carbocycles. The number of aromatic nitrogens is 1. The van der Waals surface area contributed by atoms with Crippen molar-refractivity contribution in [1.82, 2.24) is 20.1 Å². The summed E-state index contributed by atoms with van der Waals surface area (Å²) in [5.74, 6) is -0.735. The monoisotopic (exact) mass is 684 g/mol. The van der Waals surface area contributed by atoms with Gasteiger partial charge >= 0.3 is 6.09 Å². The third-order valence-corrected chi connectivity index (χ3v) is 9.94. The third-order valence-electron chi connectivity index (χ3n) is 9.94. The number of rotatable bonds is 8. The molecule has 11 nitrogen and oxygen atoms in total. The Morgan fingerprint density at radius 3 is 2.34 bits per heavy atom. The van der Waals surface area contributed by atoms with Gasteiger partial charge in [-0.3, -0.25) is 14.4 Å². The van der Waals surface area contributed by atoms with Crippen LogP contribution < -0.4 is 16.0 Å². The molecule has 0 bridgehead atoms. The maximum atomic E-state index is 14.6. The summed E-state index contributed by atoms with van der Waals surface area (Å²) in [7, 11) is 1.57. The Balaban J connectivity index is 1.24. The van der Waals surface area contributed by atoms with Crippen molar-refractivity contribution in [2.45, 2.75) is 77.5 Å². The average Bonchev–Trinajstić information content (AvgIpc) is 3.58. The van der Waals surface area contributed by atoms with Crippen LogP contribution in [0.15, 0.2) is 54.7 Å². The number of anilines is 2. The molecule has 2 aliphatic heterocycles. The standard InChI is InChI=1S/C38H45FN6O5/c1-36(2,3)50-35(49)44(5)21-27-16-28(39)11-10-26(27)22-45(34(48)37(4)12-14-40-15-13-37)23-31(46)42-29-17-30-32(41-20-29)43-33(47)38(30)18-24-8-6-7-9-25(24)19-38/h6-11,16-17,20,40H,12-15,18-19,21-23H2,1-5H3,(H,42,46)(H,41,43,47). The first kappa shape index (κ1) is 35.0. The Kier molecular flexibility index (Phi) is 9.43. The summed E-state index contributed by atoms with van der Waals surface area (Å²) >= 11 is 0. The van der Waals surface area contributed by atoms with Gasteiger partial charge in [0.2, 0.25) is 17.7 Å². The summed E-state index contributed by atoms with van der Waals surface area (Å²) in [6.45, 7) is 8.34. The molecule has 3 N–H and O–H groups in total. The summed E-state index contributed by atoms with van der Waals surface area (Å²) in [5, 5.41) is 9.13.